The van der Waals surface area contributed by atoms with E-state index in [4.69, 9.17) is 5.26 Å². The highest BCUT2D eigenvalue weighted by molar-refractivity contribution is 7.89. The molecule has 31 heavy (non-hydrogen) atoms. The quantitative estimate of drug-likeness (QED) is 0.612. The molecule has 0 aliphatic carbocycles. The number of nitrogens with zero attached hydrogens (tertiary/aromatic N) is 2. The van der Waals surface area contributed by atoms with Gasteiger partial charge in [0, 0.05) is 23.5 Å². The van der Waals surface area contributed by atoms with Crippen LogP contribution in [0.5, 0.6) is 0 Å². The Morgan fingerprint density at radius 3 is 2.61 bits per heavy atom. The molecule has 1 aliphatic rings. The second-order valence-corrected chi connectivity index (χ2v) is 10.0. The number of nitriles is 1. The number of hydrogen-bond acceptors (Lipinski definition) is 5. The van der Waals surface area contributed by atoms with Crippen LogP contribution in [0.15, 0.2) is 70.9 Å². The lowest BCUT2D eigenvalue weighted by Gasteiger charge is -2.24. The number of amides is 1. The third-order valence-electron chi connectivity index (χ3n) is 5.35. The van der Waals surface area contributed by atoms with E-state index in [0.717, 1.165) is 24.9 Å². The van der Waals surface area contributed by atoms with Gasteiger partial charge in [0.25, 0.3) is 5.91 Å². The van der Waals surface area contributed by atoms with Crippen molar-refractivity contribution in [2.45, 2.75) is 30.3 Å². The van der Waals surface area contributed by atoms with Crippen molar-refractivity contribution in [3.05, 3.63) is 87.6 Å². The predicted octanol–water partition coefficient (Wildman–Crippen LogP) is 4.08. The van der Waals surface area contributed by atoms with Crippen LogP contribution in [-0.2, 0) is 16.6 Å². The Kier molecular flexibility index (Phi) is 6.18. The molecule has 1 unspecified atom stereocenters. The first-order valence-electron chi connectivity index (χ1n) is 9.92. The Hall–Kier alpha value is -2.99. The Labute approximate surface area is 185 Å². The smallest absolute Gasteiger partial charge is 0.254 e. The molecule has 6 nitrogen and oxygen atoms in total. The van der Waals surface area contributed by atoms with Crippen molar-refractivity contribution in [2.75, 3.05) is 6.54 Å². The Morgan fingerprint density at radius 1 is 1.13 bits per heavy atom. The van der Waals surface area contributed by atoms with Gasteiger partial charge < -0.3 is 4.90 Å². The maximum atomic E-state index is 13.0. The van der Waals surface area contributed by atoms with Crippen molar-refractivity contribution in [3.8, 4) is 6.07 Å². The van der Waals surface area contributed by atoms with Gasteiger partial charge in [0.2, 0.25) is 10.0 Å². The van der Waals surface area contributed by atoms with Gasteiger partial charge in [0.15, 0.2) is 0 Å². The standard InChI is InChI=1S/C23H21N3O3S2/c24-15-19-5-1-2-8-22(19)31(28,29)25-16-17-9-11-18(12-10-17)23(27)26-13-3-6-20(26)21-7-4-14-30-21/h1-2,4-5,7-12,14,20,25H,3,6,13,16H2. The average Bonchev–Trinajstić information content (AvgIpc) is 3.49. The zero-order chi connectivity index (χ0) is 21.8. The fraction of sp³-hybridized carbons (Fsp3) is 0.217. The second kappa shape index (κ2) is 9.02. The number of hydrogen-bond donors (Lipinski definition) is 1. The molecular weight excluding hydrogens is 430 g/mol. The molecule has 4 rings (SSSR count). The lowest BCUT2D eigenvalue weighted by atomic mass is 10.1. The molecule has 2 aromatic carbocycles. The molecule has 1 aliphatic heterocycles. The number of likely N-dealkylation sites (tertiary alicyclic amines) is 1. The van der Waals surface area contributed by atoms with E-state index in [0.29, 0.717) is 5.56 Å². The van der Waals surface area contributed by atoms with Crippen LogP contribution in [0.2, 0.25) is 0 Å². The van der Waals surface area contributed by atoms with Crippen molar-refractivity contribution in [1.29, 1.82) is 5.26 Å². The maximum absolute atomic E-state index is 13.0. The molecule has 1 amide bonds. The van der Waals surface area contributed by atoms with Gasteiger partial charge in [-0.05, 0) is 54.1 Å². The van der Waals surface area contributed by atoms with Gasteiger partial charge in [0.05, 0.1) is 16.5 Å². The minimum Gasteiger partial charge on any atom is -0.331 e. The number of thiophene rings is 1. The van der Waals surface area contributed by atoms with Crippen LogP contribution >= 0.6 is 11.3 Å². The molecule has 1 aromatic heterocycles. The number of nitrogens with one attached hydrogen (secondary N) is 1. The Morgan fingerprint density at radius 2 is 1.90 bits per heavy atom. The molecule has 0 bridgehead atoms. The van der Waals surface area contributed by atoms with Crippen LogP contribution in [-0.4, -0.2) is 25.8 Å². The van der Waals surface area contributed by atoms with Crippen LogP contribution in [0.4, 0.5) is 0 Å². The first kappa shape index (κ1) is 21.2. The monoisotopic (exact) mass is 451 g/mol. The largest absolute Gasteiger partial charge is 0.331 e. The summed E-state index contributed by atoms with van der Waals surface area (Å²) in [5.41, 5.74) is 1.41. The van der Waals surface area contributed by atoms with Crippen molar-refractivity contribution >= 4 is 27.3 Å². The summed E-state index contributed by atoms with van der Waals surface area (Å²) in [5.74, 6) is -0.00835. The van der Waals surface area contributed by atoms with E-state index in [1.54, 1.807) is 47.7 Å². The van der Waals surface area contributed by atoms with Gasteiger partial charge in [-0.25, -0.2) is 13.1 Å². The predicted molar refractivity (Wildman–Crippen MR) is 119 cm³/mol. The summed E-state index contributed by atoms with van der Waals surface area (Å²) in [6, 6.07) is 19.2. The lowest BCUT2D eigenvalue weighted by Crippen LogP contribution is -2.30. The molecule has 1 N–H and O–H groups in total. The normalized spacial score (nSPS) is 16.2. The number of benzene rings is 2. The molecule has 1 saturated heterocycles. The number of carbonyl (C=O) groups is 1. The van der Waals surface area contributed by atoms with Gasteiger partial charge in [-0.1, -0.05) is 30.3 Å². The number of carbonyl (C=O) groups excluding carboxylic acids is 1. The third kappa shape index (κ3) is 4.54. The molecular formula is C23H21N3O3S2. The summed E-state index contributed by atoms with van der Waals surface area (Å²) in [7, 11) is -3.82. The van der Waals surface area contributed by atoms with E-state index >= 15 is 0 Å². The summed E-state index contributed by atoms with van der Waals surface area (Å²) in [6.45, 7) is 0.805. The average molecular weight is 452 g/mol. The van der Waals surface area contributed by atoms with Crippen molar-refractivity contribution < 1.29 is 13.2 Å². The fourth-order valence-corrected chi connectivity index (χ4v) is 5.81. The molecule has 0 radical (unpaired) electrons. The summed E-state index contributed by atoms with van der Waals surface area (Å²) in [5, 5.41) is 11.2. The van der Waals surface area contributed by atoms with Gasteiger partial charge >= 0.3 is 0 Å². The van der Waals surface area contributed by atoms with Crippen molar-refractivity contribution in [2.24, 2.45) is 0 Å². The Bertz CT molecular complexity index is 1210. The summed E-state index contributed by atoms with van der Waals surface area (Å²) in [4.78, 5) is 16.1. The number of rotatable bonds is 6. The van der Waals surface area contributed by atoms with Crippen LogP contribution in [0, 0.1) is 11.3 Å². The van der Waals surface area contributed by atoms with E-state index in [9.17, 15) is 13.2 Å². The zero-order valence-corrected chi connectivity index (χ0v) is 18.3. The van der Waals surface area contributed by atoms with Crippen LogP contribution in [0.25, 0.3) is 0 Å². The van der Waals surface area contributed by atoms with E-state index in [-0.39, 0.29) is 29.0 Å². The van der Waals surface area contributed by atoms with Crippen LogP contribution in [0.1, 0.15) is 45.2 Å². The zero-order valence-electron chi connectivity index (χ0n) is 16.7. The molecule has 8 heteroatoms. The third-order valence-corrected chi connectivity index (χ3v) is 7.78. The summed E-state index contributed by atoms with van der Waals surface area (Å²) < 4.78 is 27.6. The molecule has 0 saturated carbocycles. The molecule has 158 valence electrons. The Balaban J connectivity index is 1.44. The van der Waals surface area contributed by atoms with E-state index in [2.05, 4.69) is 10.8 Å². The highest BCUT2D eigenvalue weighted by Gasteiger charge is 2.31. The first-order chi connectivity index (χ1) is 15.0. The van der Waals surface area contributed by atoms with Gasteiger partial charge in [0.1, 0.15) is 6.07 Å². The second-order valence-electron chi connectivity index (χ2n) is 7.30. The van der Waals surface area contributed by atoms with Crippen molar-refractivity contribution in [1.82, 2.24) is 9.62 Å². The highest BCUT2D eigenvalue weighted by Crippen LogP contribution is 2.35. The topological polar surface area (TPSA) is 90.3 Å². The molecule has 1 fully saturated rings. The lowest BCUT2D eigenvalue weighted by molar-refractivity contribution is 0.0738. The van der Waals surface area contributed by atoms with Crippen molar-refractivity contribution in [3.63, 3.8) is 0 Å². The van der Waals surface area contributed by atoms with Gasteiger partial charge in [-0.2, -0.15) is 5.26 Å². The highest BCUT2D eigenvalue weighted by atomic mass is 32.2. The SMILES string of the molecule is N#Cc1ccccc1S(=O)(=O)NCc1ccc(C(=O)N2CCCC2c2cccs2)cc1. The molecule has 1 atom stereocenters. The van der Waals surface area contributed by atoms with Gasteiger partial charge in [-0.15, -0.1) is 11.3 Å². The summed E-state index contributed by atoms with van der Waals surface area (Å²) >= 11 is 1.67. The van der Waals surface area contributed by atoms with Gasteiger partial charge in [-0.3, -0.25) is 4.79 Å². The molecule has 2 heterocycles. The molecule has 0 spiro atoms. The fourth-order valence-electron chi connectivity index (χ4n) is 3.77. The van der Waals surface area contributed by atoms with Crippen LogP contribution < -0.4 is 4.72 Å². The minimum absolute atomic E-state index is 0.00835. The maximum Gasteiger partial charge on any atom is 0.254 e. The van der Waals surface area contributed by atoms with E-state index in [1.165, 1.54) is 17.0 Å². The first-order valence-corrected chi connectivity index (χ1v) is 12.3. The van der Waals surface area contributed by atoms with E-state index in [1.807, 2.05) is 22.4 Å². The number of sulfonamides is 1. The van der Waals surface area contributed by atoms with Crippen LogP contribution in [0.3, 0.4) is 0 Å². The minimum atomic E-state index is -3.82. The van der Waals surface area contributed by atoms with E-state index < -0.39 is 10.0 Å². The summed E-state index contributed by atoms with van der Waals surface area (Å²) in [6.07, 6.45) is 1.95. The molecule has 3 aromatic rings.